The van der Waals surface area contributed by atoms with Crippen LogP contribution in [-0.2, 0) is 28.6 Å². The summed E-state index contributed by atoms with van der Waals surface area (Å²) in [4.78, 5) is 37.9. The average molecular weight is 849 g/mol. The molecule has 0 aliphatic rings. The maximum Gasteiger partial charge on any atom is 0.306 e. The average Bonchev–Trinajstić information content (AvgIpc) is 3.26. The highest BCUT2D eigenvalue weighted by molar-refractivity contribution is 5.71. The van der Waals surface area contributed by atoms with Crippen molar-refractivity contribution in [2.75, 3.05) is 13.2 Å². The van der Waals surface area contributed by atoms with E-state index in [0.717, 1.165) is 89.9 Å². The van der Waals surface area contributed by atoms with E-state index >= 15 is 0 Å². The maximum atomic E-state index is 12.8. The highest BCUT2D eigenvalue weighted by atomic mass is 16.6. The first kappa shape index (κ1) is 57.6. The van der Waals surface area contributed by atoms with Crippen molar-refractivity contribution in [2.45, 2.75) is 232 Å². The smallest absolute Gasteiger partial charge is 0.306 e. The summed E-state index contributed by atoms with van der Waals surface area (Å²) in [5.74, 6) is -0.987. The largest absolute Gasteiger partial charge is 0.462 e. The third-order valence-corrected chi connectivity index (χ3v) is 10.4. The number of unbranched alkanes of at least 4 members (excludes halogenated alkanes) is 20. The zero-order chi connectivity index (χ0) is 44.4. The number of carbonyl (C=O) groups excluding carboxylic acids is 3. The van der Waals surface area contributed by atoms with Crippen LogP contribution < -0.4 is 0 Å². The second-order valence-corrected chi connectivity index (χ2v) is 16.4. The van der Waals surface area contributed by atoms with Crippen LogP contribution in [0.3, 0.4) is 0 Å². The molecule has 0 radical (unpaired) electrons. The Morgan fingerprint density at radius 1 is 0.344 bits per heavy atom. The molecule has 0 amide bonds. The lowest BCUT2D eigenvalue weighted by Gasteiger charge is -2.18. The molecule has 0 aliphatic heterocycles. The molecular weight excluding hydrogens is 757 g/mol. The van der Waals surface area contributed by atoms with Crippen molar-refractivity contribution < 1.29 is 28.6 Å². The van der Waals surface area contributed by atoms with Gasteiger partial charge in [0.15, 0.2) is 6.10 Å². The minimum Gasteiger partial charge on any atom is -0.462 e. The van der Waals surface area contributed by atoms with Gasteiger partial charge in [-0.05, 0) is 103 Å². The Bertz CT molecular complexity index is 1200. The SMILES string of the molecule is CCCC/C=C\CCCCCCCC(=O)OCC(COC(=O)CCC/C=C\C/C=C\C/C=C\C/C=C\CCCCC)OC(=O)CCCCCCCC/C=C\C=C/CCCCC. The van der Waals surface area contributed by atoms with Crippen LogP contribution in [0.5, 0.6) is 0 Å². The Labute approximate surface area is 375 Å². The molecule has 61 heavy (non-hydrogen) atoms. The lowest BCUT2D eigenvalue weighted by molar-refractivity contribution is -0.167. The number of carbonyl (C=O) groups is 3. The summed E-state index contributed by atoms with van der Waals surface area (Å²) in [7, 11) is 0. The second-order valence-electron chi connectivity index (χ2n) is 16.4. The fourth-order valence-corrected chi connectivity index (χ4v) is 6.52. The molecule has 0 heterocycles. The van der Waals surface area contributed by atoms with Crippen LogP contribution in [0.1, 0.15) is 226 Å². The molecule has 1 unspecified atom stereocenters. The molecule has 6 heteroatoms. The molecule has 0 N–H and O–H groups in total. The van der Waals surface area contributed by atoms with Crippen molar-refractivity contribution in [1.82, 2.24) is 0 Å². The van der Waals surface area contributed by atoms with E-state index in [1.54, 1.807) is 0 Å². The monoisotopic (exact) mass is 849 g/mol. The summed E-state index contributed by atoms with van der Waals surface area (Å²) in [6.45, 7) is 6.46. The van der Waals surface area contributed by atoms with Crippen molar-refractivity contribution in [2.24, 2.45) is 0 Å². The van der Waals surface area contributed by atoms with Crippen molar-refractivity contribution >= 4 is 17.9 Å². The Morgan fingerprint density at radius 3 is 1.15 bits per heavy atom. The van der Waals surface area contributed by atoms with Gasteiger partial charge in [-0.1, -0.05) is 189 Å². The Balaban J connectivity index is 4.50. The van der Waals surface area contributed by atoms with Gasteiger partial charge >= 0.3 is 17.9 Å². The number of hydrogen-bond acceptors (Lipinski definition) is 6. The summed E-state index contributed by atoms with van der Waals surface area (Å²) >= 11 is 0. The summed E-state index contributed by atoms with van der Waals surface area (Å²) in [5, 5.41) is 0. The van der Waals surface area contributed by atoms with Gasteiger partial charge in [0, 0.05) is 19.3 Å². The number of hydrogen-bond donors (Lipinski definition) is 0. The van der Waals surface area contributed by atoms with Gasteiger partial charge in [0.2, 0.25) is 0 Å². The standard InChI is InChI=1S/C55H92O6/c1-4-7-10-13-16-19-22-24-26-27-29-30-33-36-39-42-45-48-54(57)60-51-52(50-59-53(56)47-44-41-38-35-32-21-18-15-12-9-6-3)61-55(58)49-46-43-40-37-34-31-28-25-23-20-17-14-11-8-5-2/h15-20,23-26,29-30,36,39,52H,4-14,21-22,27-28,31-35,37-38,40-51H2,1-3H3/b18-15-,19-16-,20-17-,25-23-,26-24-,30-29-,39-36-. The van der Waals surface area contributed by atoms with Gasteiger partial charge in [-0.25, -0.2) is 0 Å². The lowest BCUT2D eigenvalue weighted by Crippen LogP contribution is -2.30. The first-order valence-electron chi connectivity index (χ1n) is 25.1. The molecule has 0 rings (SSSR count). The molecule has 1 atom stereocenters. The van der Waals surface area contributed by atoms with Crippen LogP contribution >= 0.6 is 0 Å². The third kappa shape index (κ3) is 47.5. The first-order valence-corrected chi connectivity index (χ1v) is 25.1. The van der Waals surface area contributed by atoms with Gasteiger partial charge < -0.3 is 14.2 Å². The molecule has 0 saturated heterocycles. The van der Waals surface area contributed by atoms with E-state index in [0.29, 0.717) is 19.3 Å². The molecule has 0 aliphatic carbocycles. The van der Waals surface area contributed by atoms with E-state index in [1.807, 2.05) is 0 Å². The second kappa shape index (κ2) is 49.2. The summed E-state index contributed by atoms with van der Waals surface area (Å²) in [6.07, 6.45) is 62.8. The summed E-state index contributed by atoms with van der Waals surface area (Å²) in [6, 6.07) is 0. The quantitative estimate of drug-likeness (QED) is 0.0200. The minimum absolute atomic E-state index is 0.104. The van der Waals surface area contributed by atoms with Gasteiger partial charge in [-0.3, -0.25) is 14.4 Å². The predicted octanol–water partition coefficient (Wildman–Crippen LogP) is 16.4. The zero-order valence-corrected chi connectivity index (χ0v) is 39.7. The number of allylic oxidation sites excluding steroid dienone is 14. The zero-order valence-electron chi connectivity index (χ0n) is 39.7. The lowest BCUT2D eigenvalue weighted by atomic mass is 10.1. The number of rotatable bonds is 44. The molecule has 0 aromatic heterocycles. The van der Waals surface area contributed by atoms with Crippen molar-refractivity contribution in [3.05, 3.63) is 85.1 Å². The van der Waals surface area contributed by atoms with E-state index in [-0.39, 0.29) is 37.5 Å². The first-order chi connectivity index (χ1) is 30.0. The molecule has 0 aromatic rings. The van der Waals surface area contributed by atoms with E-state index in [1.165, 1.54) is 89.9 Å². The summed E-state index contributed by atoms with van der Waals surface area (Å²) in [5.41, 5.74) is 0. The molecular formula is C55H92O6. The van der Waals surface area contributed by atoms with Crippen LogP contribution in [0.15, 0.2) is 85.1 Å². The molecule has 0 spiro atoms. The Kier molecular flexibility index (Phi) is 46.5. The van der Waals surface area contributed by atoms with Crippen LogP contribution in [-0.4, -0.2) is 37.2 Å². The van der Waals surface area contributed by atoms with Crippen molar-refractivity contribution in [3.63, 3.8) is 0 Å². The molecule has 6 nitrogen and oxygen atoms in total. The van der Waals surface area contributed by atoms with Gasteiger partial charge in [0.1, 0.15) is 13.2 Å². The molecule has 0 bridgehead atoms. The third-order valence-electron chi connectivity index (χ3n) is 10.4. The normalized spacial score (nSPS) is 12.8. The van der Waals surface area contributed by atoms with Crippen molar-refractivity contribution in [3.8, 4) is 0 Å². The molecule has 348 valence electrons. The van der Waals surface area contributed by atoms with Gasteiger partial charge in [-0.2, -0.15) is 0 Å². The maximum absolute atomic E-state index is 12.8. The predicted molar refractivity (Wildman–Crippen MR) is 261 cm³/mol. The van der Waals surface area contributed by atoms with Crippen LogP contribution in [0.2, 0.25) is 0 Å². The van der Waals surface area contributed by atoms with E-state index in [2.05, 4.69) is 106 Å². The molecule has 0 aromatic carbocycles. The van der Waals surface area contributed by atoms with Crippen molar-refractivity contribution in [1.29, 1.82) is 0 Å². The number of esters is 3. The Morgan fingerprint density at radius 2 is 0.672 bits per heavy atom. The van der Waals surface area contributed by atoms with Crippen LogP contribution in [0.25, 0.3) is 0 Å². The number of ether oxygens (including phenoxy) is 3. The molecule has 0 fully saturated rings. The fourth-order valence-electron chi connectivity index (χ4n) is 6.52. The van der Waals surface area contributed by atoms with Gasteiger partial charge in [0.05, 0.1) is 0 Å². The van der Waals surface area contributed by atoms with E-state index in [4.69, 9.17) is 14.2 Å². The van der Waals surface area contributed by atoms with Gasteiger partial charge in [0.25, 0.3) is 0 Å². The fraction of sp³-hybridized carbons (Fsp3) is 0.691. The minimum atomic E-state index is -0.807. The highest BCUT2D eigenvalue weighted by Crippen LogP contribution is 2.13. The Hall–Kier alpha value is -3.41. The van der Waals surface area contributed by atoms with Crippen LogP contribution in [0, 0.1) is 0 Å². The topological polar surface area (TPSA) is 78.9 Å². The highest BCUT2D eigenvalue weighted by Gasteiger charge is 2.19. The van der Waals surface area contributed by atoms with Gasteiger partial charge in [-0.15, -0.1) is 0 Å². The summed E-state index contributed by atoms with van der Waals surface area (Å²) < 4.78 is 16.7. The van der Waals surface area contributed by atoms with Crippen LogP contribution in [0.4, 0.5) is 0 Å². The molecule has 0 saturated carbocycles. The van der Waals surface area contributed by atoms with E-state index in [9.17, 15) is 14.4 Å². The van der Waals surface area contributed by atoms with E-state index < -0.39 is 6.10 Å².